The van der Waals surface area contributed by atoms with E-state index in [0.29, 0.717) is 11.8 Å². The molecule has 1 aromatic rings. The highest BCUT2D eigenvalue weighted by Crippen LogP contribution is 2.24. The maximum absolute atomic E-state index is 5.73. The lowest BCUT2D eigenvalue weighted by Crippen LogP contribution is -2.17. The third-order valence-corrected chi connectivity index (χ3v) is 2.89. The largest absolute Gasteiger partial charge is 0.330 e. The van der Waals surface area contributed by atoms with Crippen molar-refractivity contribution in [3.63, 3.8) is 0 Å². The summed E-state index contributed by atoms with van der Waals surface area (Å²) in [7, 11) is 0. The van der Waals surface area contributed by atoms with Crippen LogP contribution in [-0.2, 0) is 0 Å². The first-order chi connectivity index (χ1) is 6.15. The van der Waals surface area contributed by atoms with E-state index in [-0.39, 0.29) is 0 Å². The number of benzene rings is 1. The predicted octanol–water partition coefficient (Wildman–Crippen LogP) is 3.15. The van der Waals surface area contributed by atoms with Gasteiger partial charge in [-0.05, 0) is 36.1 Å². The first-order valence-electron chi connectivity index (χ1n) is 4.60. The standard InChI is InChI=1S/C11H16BrN/c1-8(2)11(7-13)9-3-5-10(12)6-4-9/h3-6,8,11H,7,13H2,1-2H3. The maximum atomic E-state index is 5.73. The van der Waals surface area contributed by atoms with E-state index >= 15 is 0 Å². The summed E-state index contributed by atoms with van der Waals surface area (Å²) in [6.45, 7) is 5.14. The Kier molecular flexibility index (Phi) is 3.94. The summed E-state index contributed by atoms with van der Waals surface area (Å²) in [6.07, 6.45) is 0. The SMILES string of the molecule is CC(C)C(CN)c1ccc(Br)cc1. The number of hydrogen-bond donors (Lipinski definition) is 1. The maximum Gasteiger partial charge on any atom is 0.0175 e. The average Bonchev–Trinajstić information content (AvgIpc) is 2.09. The van der Waals surface area contributed by atoms with E-state index in [1.165, 1.54) is 5.56 Å². The van der Waals surface area contributed by atoms with Gasteiger partial charge in [0.15, 0.2) is 0 Å². The van der Waals surface area contributed by atoms with Crippen LogP contribution in [-0.4, -0.2) is 6.54 Å². The molecule has 0 aliphatic heterocycles. The fraction of sp³-hybridized carbons (Fsp3) is 0.455. The molecule has 0 aliphatic rings. The van der Waals surface area contributed by atoms with Crippen LogP contribution in [0.15, 0.2) is 28.7 Å². The molecule has 1 rings (SSSR count). The molecule has 0 aromatic heterocycles. The lowest BCUT2D eigenvalue weighted by Gasteiger charge is -2.19. The minimum Gasteiger partial charge on any atom is -0.330 e. The van der Waals surface area contributed by atoms with Crippen LogP contribution in [0, 0.1) is 5.92 Å². The Morgan fingerprint density at radius 2 is 1.77 bits per heavy atom. The molecular formula is C11H16BrN. The molecule has 0 bridgehead atoms. The fourth-order valence-corrected chi connectivity index (χ4v) is 1.77. The molecule has 0 heterocycles. The molecule has 1 unspecified atom stereocenters. The normalized spacial score (nSPS) is 13.3. The van der Waals surface area contributed by atoms with Crippen LogP contribution >= 0.6 is 15.9 Å². The molecule has 0 amide bonds. The van der Waals surface area contributed by atoms with Crippen LogP contribution < -0.4 is 5.73 Å². The quantitative estimate of drug-likeness (QED) is 0.865. The Morgan fingerprint density at radius 1 is 1.23 bits per heavy atom. The molecule has 72 valence electrons. The lowest BCUT2D eigenvalue weighted by atomic mass is 9.89. The van der Waals surface area contributed by atoms with Crippen LogP contribution in [0.3, 0.4) is 0 Å². The Morgan fingerprint density at radius 3 is 2.15 bits per heavy atom. The first kappa shape index (κ1) is 10.7. The van der Waals surface area contributed by atoms with Gasteiger partial charge in [0, 0.05) is 4.47 Å². The molecule has 0 aliphatic carbocycles. The summed E-state index contributed by atoms with van der Waals surface area (Å²) in [4.78, 5) is 0. The van der Waals surface area contributed by atoms with Crippen LogP contribution in [0.1, 0.15) is 25.3 Å². The molecule has 2 N–H and O–H groups in total. The lowest BCUT2D eigenvalue weighted by molar-refractivity contribution is 0.506. The van der Waals surface area contributed by atoms with Crippen molar-refractivity contribution >= 4 is 15.9 Å². The number of rotatable bonds is 3. The van der Waals surface area contributed by atoms with Crippen molar-refractivity contribution in [3.05, 3.63) is 34.3 Å². The number of halogens is 1. The second-order valence-electron chi connectivity index (χ2n) is 3.64. The predicted molar refractivity (Wildman–Crippen MR) is 60.8 cm³/mol. The Hall–Kier alpha value is -0.340. The van der Waals surface area contributed by atoms with E-state index in [0.717, 1.165) is 11.0 Å². The molecule has 13 heavy (non-hydrogen) atoms. The highest BCUT2D eigenvalue weighted by Gasteiger charge is 2.12. The van der Waals surface area contributed by atoms with Crippen molar-refractivity contribution in [2.45, 2.75) is 19.8 Å². The van der Waals surface area contributed by atoms with Gasteiger partial charge in [0.25, 0.3) is 0 Å². The van der Waals surface area contributed by atoms with E-state index in [1.807, 2.05) is 0 Å². The monoisotopic (exact) mass is 241 g/mol. The Bertz CT molecular complexity index is 253. The van der Waals surface area contributed by atoms with E-state index in [9.17, 15) is 0 Å². The summed E-state index contributed by atoms with van der Waals surface area (Å²) < 4.78 is 1.12. The third-order valence-electron chi connectivity index (χ3n) is 2.36. The Labute approximate surface area is 88.5 Å². The molecule has 1 nitrogen and oxygen atoms in total. The molecule has 0 spiro atoms. The molecule has 2 heteroatoms. The van der Waals surface area contributed by atoms with Gasteiger partial charge in [0.2, 0.25) is 0 Å². The van der Waals surface area contributed by atoms with Crippen LogP contribution in [0.2, 0.25) is 0 Å². The van der Waals surface area contributed by atoms with Gasteiger partial charge in [-0.1, -0.05) is 41.9 Å². The zero-order chi connectivity index (χ0) is 9.84. The summed E-state index contributed by atoms with van der Waals surface area (Å²) in [5, 5.41) is 0. The van der Waals surface area contributed by atoms with Crippen LogP contribution in [0.5, 0.6) is 0 Å². The van der Waals surface area contributed by atoms with Crippen molar-refractivity contribution in [1.29, 1.82) is 0 Å². The molecule has 0 saturated heterocycles. The number of hydrogen-bond acceptors (Lipinski definition) is 1. The van der Waals surface area contributed by atoms with Crippen molar-refractivity contribution in [3.8, 4) is 0 Å². The summed E-state index contributed by atoms with van der Waals surface area (Å²) in [5.41, 5.74) is 7.07. The van der Waals surface area contributed by atoms with Gasteiger partial charge < -0.3 is 5.73 Å². The minimum absolute atomic E-state index is 0.480. The first-order valence-corrected chi connectivity index (χ1v) is 5.40. The molecule has 0 fully saturated rings. The average molecular weight is 242 g/mol. The second-order valence-corrected chi connectivity index (χ2v) is 4.55. The molecular weight excluding hydrogens is 226 g/mol. The highest BCUT2D eigenvalue weighted by atomic mass is 79.9. The van der Waals surface area contributed by atoms with Gasteiger partial charge in [-0.3, -0.25) is 0 Å². The zero-order valence-corrected chi connectivity index (χ0v) is 9.71. The molecule has 0 radical (unpaired) electrons. The van der Waals surface area contributed by atoms with Gasteiger partial charge in [-0.15, -0.1) is 0 Å². The summed E-state index contributed by atoms with van der Waals surface area (Å²) >= 11 is 3.42. The van der Waals surface area contributed by atoms with Gasteiger partial charge in [-0.25, -0.2) is 0 Å². The van der Waals surface area contributed by atoms with Crippen molar-refractivity contribution in [2.75, 3.05) is 6.54 Å². The number of nitrogens with two attached hydrogens (primary N) is 1. The van der Waals surface area contributed by atoms with Crippen molar-refractivity contribution < 1.29 is 0 Å². The van der Waals surface area contributed by atoms with E-state index < -0.39 is 0 Å². The second kappa shape index (κ2) is 4.77. The van der Waals surface area contributed by atoms with E-state index in [1.54, 1.807) is 0 Å². The molecule has 1 atom stereocenters. The minimum atomic E-state index is 0.480. The summed E-state index contributed by atoms with van der Waals surface area (Å²) in [6, 6.07) is 8.42. The Balaban J connectivity index is 2.86. The molecule has 0 saturated carbocycles. The topological polar surface area (TPSA) is 26.0 Å². The van der Waals surface area contributed by atoms with Gasteiger partial charge in [-0.2, -0.15) is 0 Å². The van der Waals surface area contributed by atoms with E-state index in [2.05, 4.69) is 54.0 Å². The van der Waals surface area contributed by atoms with Crippen LogP contribution in [0.4, 0.5) is 0 Å². The third kappa shape index (κ3) is 2.82. The molecule has 1 aromatic carbocycles. The summed E-state index contributed by atoms with van der Waals surface area (Å²) in [5.74, 6) is 1.08. The van der Waals surface area contributed by atoms with Crippen molar-refractivity contribution in [2.24, 2.45) is 11.7 Å². The van der Waals surface area contributed by atoms with Gasteiger partial charge in [0.05, 0.1) is 0 Å². The fourth-order valence-electron chi connectivity index (χ4n) is 1.50. The smallest absolute Gasteiger partial charge is 0.0175 e. The van der Waals surface area contributed by atoms with Gasteiger partial charge in [0.1, 0.15) is 0 Å². The van der Waals surface area contributed by atoms with Gasteiger partial charge >= 0.3 is 0 Å². The zero-order valence-electron chi connectivity index (χ0n) is 8.13. The highest BCUT2D eigenvalue weighted by molar-refractivity contribution is 9.10. The van der Waals surface area contributed by atoms with E-state index in [4.69, 9.17) is 5.73 Å². The van der Waals surface area contributed by atoms with Crippen molar-refractivity contribution in [1.82, 2.24) is 0 Å². The van der Waals surface area contributed by atoms with Crippen LogP contribution in [0.25, 0.3) is 0 Å².